The molecule has 138 valence electrons. The monoisotopic (exact) mass is 378 g/mol. The summed E-state index contributed by atoms with van der Waals surface area (Å²) in [4.78, 5) is 16.6. The van der Waals surface area contributed by atoms with Crippen LogP contribution in [-0.4, -0.2) is 18.0 Å². The molecular weight excluding hydrogens is 356 g/mol. The van der Waals surface area contributed by atoms with Crippen molar-refractivity contribution < 1.29 is 9.53 Å². The molecule has 0 aliphatic carbocycles. The smallest absolute Gasteiger partial charge is 0.250 e. The van der Waals surface area contributed by atoms with Crippen molar-refractivity contribution in [1.29, 1.82) is 0 Å². The maximum Gasteiger partial charge on any atom is 0.250 e. The second-order valence-corrected chi connectivity index (χ2v) is 7.27. The van der Waals surface area contributed by atoms with Gasteiger partial charge in [0.25, 0.3) is 0 Å². The van der Waals surface area contributed by atoms with Gasteiger partial charge in [-0.15, -0.1) is 11.3 Å². The van der Waals surface area contributed by atoms with Gasteiger partial charge in [0, 0.05) is 17.0 Å². The highest BCUT2D eigenvalue weighted by Crippen LogP contribution is 2.27. The quantitative estimate of drug-likeness (QED) is 0.569. The van der Waals surface area contributed by atoms with Gasteiger partial charge in [-0.25, -0.2) is 4.98 Å². The Morgan fingerprint density at radius 3 is 2.67 bits per heavy atom. The first-order valence-corrected chi connectivity index (χ1v) is 9.62. The van der Waals surface area contributed by atoms with E-state index in [-0.39, 0.29) is 5.91 Å². The van der Waals surface area contributed by atoms with Crippen molar-refractivity contribution in [3.63, 3.8) is 0 Å². The zero-order valence-corrected chi connectivity index (χ0v) is 16.4. The van der Waals surface area contributed by atoms with Crippen molar-refractivity contribution in [2.24, 2.45) is 0 Å². The fourth-order valence-corrected chi connectivity index (χ4v) is 3.28. The Labute approximate surface area is 163 Å². The highest BCUT2D eigenvalue weighted by Gasteiger charge is 2.07. The van der Waals surface area contributed by atoms with Crippen LogP contribution in [0.4, 0.5) is 5.13 Å². The molecule has 0 bridgehead atoms. The Bertz CT molecular complexity index is 943. The van der Waals surface area contributed by atoms with Gasteiger partial charge in [-0.1, -0.05) is 50.2 Å². The van der Waals surface area contributed by atoms with Crippen molar-refractivity contribution in [3.05, 3.63) is 71.1 Å². The number of rotatable bonds is 6. The van der Waals surface area contributed by atoms with Gasteiger partial charge >= 0.3 is 0 Å². The summed E-state index contributed by atoms with van der Waals surface area (Å²) in [5.41, 5.74) is 4.03. The summed E-state index contributed by atoms with van der Waals surface area (Å²) in [5.74, 6) is 1.07. The Hall–Kier alpha value is -2.92. The van der Waals surface area contributed by atoms with Crippen LogP contribution in [0.3, 0.4) is 0 Å². The van der Waals surface area contributed by atoms with Crippen LogP contribution in [0, 0.1) is 0 Å². The predicted molar refractivity (Wildman–Crippen MR) is 112 cm³/mol. The van der Waals surface area contributed by atoms with E-state index in [1.165, 1.54) is 23.0 Å². The minimum absolute atomic E-state index is 0.200. The van der Waals surface area contributed by atoms with Crippen molar-refractivity contribution in [2.45, 2.75) is 19.8 Å². The maximum atomic E-state index is 12.2. The van der Waals surface area contributed by atoms with E-state index in [1.807, 2.05) is 41.8 Å². The molecule has 0 atom stereocenters. The van der Waals surface area contributed by atoms with Crippen LogP contribution in [0.15, 0.2) is 60.0 Å². The average Bonchev–Trinajstić information content (AvgIpc) is 3.15. The Kier molecular flexibility index (Phi) is 6.04. The molecule has 0 saturated carbocycles. The third-order valence-electron chi connectivity index (χ3n) is 4.13. The van der Waals surface area contributed by atoms with E-state index in [2.05, 4.69) is 36.3 Å². The molecule has 1 amide bonds. The van der Waals surface area contributed by atoms with Gasteiger partial charge in [-0.05, 0) is 35.3 Å². The van der Waals surface area contributed by atoms with E-state index in [0.29, 0.717) is 11.0 Å². The third-order valence-corrected chi connectivity index (χ3v) is 4.89. The predicted octanol–water partition coefficient (Wildman–Crippen LogP) is 5.59. The number of anilines is 1. The maximum absolute atomic E-state index is 12.2. The van der Waals surface area contributed by atoms with Crippen molar-refractivity contribution in [3.8, 4) is 17.0 Å². The molecule has 1 aromatic heterocycles. The number of carbonyl (C=O) groups is 1. The molecule has 1 heterocycles. The molecular formula is C22H22N2O2S. The van der Waals surface area contributed by atoms with E-state index in [0.717, 1.165) is 22.6 Å². The van der Waals surface area contributed by atoms with Crippen LogP contribution in [0.2, 0.25) is 0 Å². The van der Waals surface area contributed by atoms with Crippen LogP contribution < -0.4 is 10.1 Å². The summed E-state index contributed by atoms with van der Waals surface area (Å²) in [6, 6.07) is 15.9. The van der Waals surface area contributed by atoms with E-state index in [4.69, 9.17) is 4.74 Å². The summed E-state index contributed by atoms with van der Waals surface area (Å²) < 4.78 is 5.24. The summed E-state index contributed by atoms with van der Waals surface area (Å²) in [6.45, 7) is 4.32. The second-order valence-electron chi connectivity index (χ2n) is 6.41. The summed E-state index contributed by atoms with van der Waals surface area (Å²) in [5, 5.41) is 5.29. The fraction of sp³-hybridized carbons (Fsp3) is 0.182. The molecule has 0 aliphatic heterocycles. The topological polar surface area (TPSA) is 51.2 Å². The Morgan fingerprint density at radius 1 is 1.19 bits per heavy atom. The number of aromatic nitrogens is 1. The molecule has 0 unspecified atom stereocenters. The molecule has 0 aliphatic rings. The molecule has 3 rings (SSSR count). The Balaban J connectivity index is 1.63. The number of benzene rings is 2. The lowest BCUT2D eigenvalue weighted by atomic mass is 10.0. The summed E-state index contributed by atoms with van der Waals surface area (Å²) >= 11 is 1.40. The highest BCUT2D eigenvalue weighted by atomic mass is 32.1. The first-order valence-electron chi connectivity index (χ1n) is 8.74. The van der Waals surface area contributed by atoms with Gasteiger partial charge in [-0.2, -0.15) is 0 Å². The standard InChI is InChI=1S/C22H22N2O2S/c1-15(2)17-10-7-16(8-11-17)9-12-21(25)24-22-23-20(14-27-22)18-5-4-6-19(13-18)26-3/h4-15H,1-3H3,(H,23,24,25)/b12-9+. The van der Waals surface area contributed by atoms with Gasteiger partial charge < -0.3 is 4.74 Å². The second kappa shape index (κ2) is 8.64. The van der Waals surface area contributed by atoms with Crippen LogP contribution in [0.25, 0.3) is 17.3 Å². The van der Waals surface area contributed by atoms with Crippen LogP contribution >= 0.6 is 11.3 Å². The number of carbonyl (C=O) groups excluding carboxylic acids is 1. The lowest BCUT2D eigenvalue weighted by Crippen LogP contribution is -2.07. The molecule has 0 saturated heterocycles. The number of nitrogens with zero attached hydrogens (tertiary/aromatic N) is 1. The van der Waals surface area contributed by atoms with Crippen molar-refractivity contribution in [1.82, 2.24) is 4.98 Å². The average molecular weight is 378 g/mol. The summed E-state index contributed by atoms with van der Waals surface area (Å²) in [7, 11) is 1.63. The van der Waals surface area contributed by atoms with E-state index >= 15 is 0 Å². The molecule has 0 spiro atoms. The van der Waals surface area contributed by atoms with Gasteiger partial charge in [0.2, 0.25) is 5.91 Å². The van der Waals surface area contributed by atoms with Gasteiger partial charge in [0.15, 0.2) is 5.13 Å². The first-order chi connectivity index (χ1) is 13.0. The van der Waals surface area contributed by atoms with E-state index < -0.39 is 0 Å². The minimum Gasteiger partial charge on any atom is -0.497 e. The molecule has 4 nitrogen and oxygen atoms in total. The normalized spacial score (nSPS) is 11.1. The number of amides is 1. The van der Waals surface area contributed by atoms with E-state index in [9.17, 15) is 4.79 Å². The number of methoxy groups -OCH3 is 1. The molecule has 2 aromatic carbocycles. The van der Waals surface area contributed by atoms with Crippen molar-refractivity contribution in [2.75, 3.05) is 12.4 Å². The van der Waals surface area contributed by atoms with Crippen molar-refractivity contribution >= 4 is 28.5 Å². The van der Waals surface area contributed by atoms with E-state index in [1.54, 1.807) is 13.2 Å². The van der Waals surface area contributed by atoms with Gasteiger partial charge in [0.1, 0.15) is 5.75 Å². The zero-order valence-electron chi connectivity index (χ0n) is 15.6. The zero-order chi connectivity index (χ0) is 19.2. The van der Waals surface area contributed by atoms with Crippen LogP contribution in [0.5, 0.6) is 5.75 Å². The Morgan fingerprint density at radius 2 is 1.96 bits per heavy atom. The first kappa shape index (κ1) is 18.9. The van der Waals surface area contributed by atoms with Crippen LogP contribution in [0.1, 0.15) is 30.9 Å². The van der Waals surface area contributed by atoms with Crippen LogP contribution in [-0.2, 0) is 4.79 Å². The lowest BCUT2D eigenvalue weighted by molar-refractivity contribution is -0.111. The molecule has 3 aromatic rings. The SMILES string of the molecule is COc1cccc(-c2csc(NC(=O)/C=C/c3ccc(C(C)C)cc3)n2)c1. The lowest BCUT2D eigenvalue weighted by Gasteiger charge is -2.04. The largest absolute Gasteiger partial charge is 0.497 e. The number of nitrogens with one attached hydrogen (secondary N) is 1. The third kappa shape index (κ3) is 5.05. The molecule has 0 radical (unpaired) electrons. The van der Waals surface area contributed by atoms with Gasteiger partial charge in [0.05, 0.1) is 12.8 Å². The summed E-state index contributed by atoms with van der Waals surface area (Å²) in [6.07, 6.45) is 3.33. The number of hydrogen-bond donors (Lipinski definition) is 1. The number of hydrogen-bond acceptors (Lipinski definition) is 4. The number of thiazole rings is 1. The number of ether oxygens (including phenoxy) is 1. The van der Waals surface area contributed by atoms with Gasteiger partial charge in [-0.3, -0.25) is 10.1 Å². The highest BCUT2D eigenvalue weighted by molar-refractivity contribution is 7.14. The minimum atomic E-state index is -0.200. The molecule has 1 N–H and O–H groups in total. The fourth-order valence-electron chi connectivity index (χ4n) is 2.56. The molecule has 27 heavy (non-hydrogen) atoms. The molecule has 5 heteroatoms. The molecule has 0 fully saturated rings.